The van der Waals surface area contributed by atoms with Gasteiger partial charge in [0, 0.05) is 24.5 Å². The summed E-state index contributed by atoms with van der Waals surface area (Å²) in [5, 5.41) is 3.36. The molecule has 0 saturated heterocycles. The van der Waals surface area contributed by atoms with Crippen LogP contribution in [0.25, 0.3) is 0 Å². The number of aryl methyl sites for hydroxylation is 3. The van der Waals surface area contributed by atoms with Gasteiger partial charge >= 0.3 is 0 Å². The first-order valence-electron chi connectivity index (χ1n) is 15.4. The fraction of sp³-hybridized carbons (Fsp3) is 0.297. The lowest BCUT2D eigenvalue weighted by atomic mass is 10.0. The van der Waals surface area contributed by atoms with Crippen LogP contribution < -0.4 is 9.62 Å². The summed E-state index contributed by atoms with van der Waals surface area (Å²) in [7, 11) is -4.22. The second kappa shape index (κ2) is 15.4. The molecule has 0 aromatic heterocycles. The molecular formula is C37H42ClN3O4S. The zero-order chi connectivity index (χ0) is 33.4. The van der Waals surface area contributed by atoms with Gasteiger partial charge < -0.3 is 10.2 Å². The molecule has 2 amide bonds. The SMILES string of the molecule is Cc1ccc(S(=O)(=O)N(CC(=O)N(Cc2ccccc2C)[C@@H](Cc2ccccc2)C(=O)NCC(C)C)c2cc(Cl)ccc2C)cc1. The molecule has 9 heteroatoms. The molecule has 7 nitrogen and oxygen atoms in total. The van der Waals surface area contributed by atoms with Crippen molar-refractivity contribution >= 4 is 39.1 Å². The molecule has 1 atom stereocenters. The zero-order valence-corrected chi connectivity index (χ0v) is 28.6. The molecule has 0 radical (unpaired) electrons. The van der Waals surface area contributed by atoms with Crippen LogP contribution in [0.4, 0.5) is 5.69 Å². The van der Waals surface area contributed by atoms with Crippen molar-refractivity contribution in [2.24, 2.45) is 5.92 Å². The van der Waals surface area contributed by atoms with Gasteiger partial charge in [-0.15, -0.1) is 0 Å². The molecule has 0 aliphatic heterocycles. The van der Waals surface area contributed by atoms with Crippen LogP contribution in [-0.4, -0.2) is 44.3 Å². The maximum Gasteiger partial charge on any atom is 0.264 e. The van der Waals surface area contributed by atoms with E-state index in [0.717, 1.165) is 26.6 Å². The summed E-state index contributed by atoms with van der Waals surface area (Å²) in [6.07, 6.45) is 0.253. The van der Waals surface area contributed by atoms with Crippen LogP contribution in [-0.2, 0) is 32.6 Å². The predicted molar refractivity (Wildman–Crippen MR) is 185 cm³/mol. The Morgan fingerprint density at radius 3 is 2.13 bits per heavy atom. The van der Waals surface area contributed by atoms with Crippen LogP contribution in [0.3, 0.4) is 0 Å². The average Bonchev–Trinajstić information content (AvgIpc) is 3.03. The molecule has 1 N–H and O–H groups in total. The fourth-order valence-electron chi connectivity index (χ4n) is 5.15. The molecule has 0 saturated carbocycles. The molecule has 0 heterocycles. The molecule has 46 heavy (non-hydrogen) atoms. The van der Waals surface area contributed by atoms with Crippen molar-refractivity contribution in [2.45, 2.75) is 58.5 Å². The van der Waals surface area contributed by atoms with Gasteiger partial charge in [0.2, 0.25) is 11.8 Å². The Bertz CT molecular complexity index is 1760. The molecular weight excluding hydrogens is 618 g/mol. The molecule has 242 valence electrons. The van der Waals surface area contributed by atoms with Gasteiger partial charge in [-0.2, -0.15) is 0 Å². The van der Waals surface area contributed by atoms with Crippen molar-refractivity contribution < 1.29 is 18.0 Å². The highest BCUT2D eigenvalue weighted by molar-refractivity contribution is 7.92. The molecule has 0 aliphatic rings. The lowest BCUT2D eigenvalue weighted by Crippen LogP contribution is -2.54. The average molecular weight is 660 g/mol. The molecule has 0 bridgehead atoms. The van der Waals surface area contributed by atoms with Crippen LogP contribution >= 0.6 is 11.6 Å². The van der Waals surface area contributed by atoms with Gasteiger partial charge in [0.1, 0.15) is 12.6 Å². The van der Waals surface area contributed by atoms with Gasteiger partial charge in [-0.05, 0) is 73.2 Å². The number of hydrogen-bond donors (Lipinski definition) is 1. The van der Waals surface area contributed by atoms with E-state index in [1.165, 1.54) is 17.0 Å². The van der Waals surface area contributed by atoms with E-state index in [2.05, 4.69) is 5.32 Å². The highest BCUT2D eigenvalue weighted by Gasteiger charge is 2.35. The minimum absolute atomic E-state index is 0.0474. The molecule has 4 rings (SSSR count). The Hall–Kier alpha value is -4.14. The van der Waals surface area contributed by atoms with Crippen LogP contribution in [0, 0.1) is 26.7 Å². The number of carbonyl (C=O) groups excluding carboxylic acids is 2. The van der Waals surface area contributed by atoms with Crippen LogP contribution in [0.5, 0.6) is 0 Å². The van der Waals surface area contributed by atoms with E-state index in [1.54, 1.807) is 37.3 Å². The molecule has 0 unspecified atom stereocenters. The number of benzene rings is 4. The first kappa shape index (κ1) is 34.7. The van der Waals surface area contributed by atoms with Gasteiger partial charge in [0.25, 0.3) is 10.0 Å². The lowest BCUT2D eigenvalue weighted by molar-refractivity contribution is -0.140. The third-order valence-electron chi connectivity index (χ3n) is 7.89. The summed E-state index contributed by atoms with van der Waals surface area (Å²) >= 11 is 6.37. The van der Waals surface area contributed by atoms with Crippen LogP contribution in [0.2, 0.25) is 5.02 Å². The Kier molecular flexibility index (Phi) is 11.7. The fourth-order valence-corrected chi connectivity index (χ4v) is 6.79. The van der Waals surface area contributed by atoms with E-state index in [9.17, 15) is 18.0 Å². The van der Waals surface area contributed by atoms with Crippen molar-refractivity contribution in [1.82, 2.24) is 10.2 Å². The van der Waals surface area contributed by atoms with Crippen molar-refractivity contribution in [3.63, 3.8) is 0 Å². The molecule has 0 spiro atoms. The highest BCUT2D eigenvalue weighted by atomic mass is 35.5. The summed E-state index contributed by atoms with van der Waals surface area (Å²) in [5.41, 5.74) is 4.52. The number of nitrogens with zero attached hydrogens (tertiary/aromatic N) is 2. The number of carbonyl (C=O) groups is 2. The Balaban J connectivity index is 1.84. The summed E-state index contributed by atoms with van der Waals surface area (Å²) in [6, 6.07) is 27.8. The minimum atomic E-state index is -4.22. The van der Waals surface area contributed by atoms with Crippen molar-refractivity contribution in [3.8, 4) is 0 Å². The zero-order valence-electron chi connectivity index (χ0n) is 27.0. The van der Waals surface area contributed by atoms with E-state index >= 15 is 0 Å². The van der Waals surface area contributed by atoms with Gasteiger partial charge in [-0.1, -0.05) is 104 Å². The molecule has 4 aromatic carbocycles. The number of anilines is 1. The molecule has 4 aromatic rings. The third kappa shape index (κ3) is 8.77. The number of halogens is 1. The van der Waals surface area contributed by atoms with Crippen molar-refractivity contribution in [1.29, 1.82) is 0 Å². The Morgan fingerprint density at radius 1 is 0.826 bits per heavy atom. The van der Waals surface area contributed by atoms with Gasteiger partial charge in [-0.3, -0.25) is 13.9 Å². The second-order valence-corrected chi connectivity index (χ2v) is 14.3. The first-order valence-corrected chi connectivity index (χ1v) is 17.2. The third-order valence-corrected chi connectivity index (χ3v) is 9.89. The summed E-state index contributed by atoms with van der Waals surface area (Å²) in [6.45, 7) is 9.62. The molecule has 0 fully saturated rings. The van der Waals surface area contributed by atoms with Crippen molar-refractivity contribution in [2.75, 3.05) is 17.4 Å². The minimum Gasteiger partial charge on any atom is -0.354 e. The van der Waals surface area contributed by atoms with Crippen LogP contribution in [0.1, 0.15) is 41.7 Å². The molecule has 0 aliphatic carbocycles. The van der Waals surface area contributed by atoms with E-state index in [1.807, 2.05) is 82.3 Å². The van der Waals surface area contributed by atoms with Gasteiger partial charge in [-0.25, -0.2) is 8.42 Å². The van der Waals surface area contributed by atoms with E-state index in [0.29, 0.717) is 22.8 Å². The van der Waals surface area contributed by atoms with Gasteiger partial charge in [0.05, 0.1) is 10.6 Å². The number of amides is 2. The maximum atomic E-state index is 14.7. The number of nitrogens with one attached hydrogen (secondary N) is 1. The summed E-state index contributed by atoms with van der Waals surface area (Å²) in [4.78, 5) is 30.1. The Morgan fingerprint density at radius 2 is 1.48 bits per heavy atom. The lowest BCUT2D eigenvalue weighted by Gasteiger charge is -2.34. The van der Waals surface area contributed by atoms with E-state index in [-0.39, 0.29) is 29.7 Å². The summed E-state index contributed by atoms with van der Waals surface area (Å²) in [5.74, 6) is -0.617. The summed E-state index contributed by atoms with van der Waals surface area (Å²) < 4.78 is 29.7. The normalized spacial score (nSPS) is 12.1. The second-order valence-electron chi connectivity index (χ2n) is 12.0. The highest BCUT2D eigenvalue weighted by Crippen LogP contribution is 2.30. The number of sulfonamides is 1. The van der Waals surface area contributed by atoms with E-state index in [4.69, 9.17) is 11.6 Å². The maximum absolute atomic E-state index is 14.7. The topological polar surface area (TPSA) is 86.8 Å². The Labute approximate surface area is 278 Å². The smallest absolute Gasteiger partial charge is 0.264 e. The van der Waals surface area contributed by atoms with Gasteiger partial charge in [0.15, 0.2) is 0 Å². The monoisotopic (exact) mass is 659 g/mol. The number of hydrogen-bond acceptors (Lipinski definition) is 4. The standard InChI is InChI=1S/C37H42ClN3O4S/c1-26(2)23-39-37(43)35(21-30-12-7-6-8-13-30)40(24-31-14-10-9-11-28(31)4)36(42)25-41(34-22-32(38)18-17-29(34)5)46(44,45)33-19-15-27(3)16-20-33/h6-20,22,26,35H,21,23-25H2,1-5H3,(H,39,43)/t35-/m0/s1. The predicted octanol–water partition coefficient (Wildman–Crippen LogP) is 6.87. The largest absolute Gasteiger partial charge is 0.354 e. The quantitative estimate of drug-likeness (QED) is 0.170. The first-order chi connectivity index (χ1) is 21.9. The number of rotatable bonds is 13. The van der Waals surface area contributed by atoms with Crippen molar-refractivity contribution in [3.05, 3.63) is 130 Å². The van der Waals surface area contributed by atoms with E-state index < -0.39 is 28.5 Å². The van der Waals surface area contributed by atoms with Crippen LogP contribution in [0.15, 0.2) is 102 Å².